The van der Waals surface area contributed by atoms with Gasteiger partial charge in [0, 0.05) is 0 Å². The fraction of sp³-hybridized carbons (Fsp3) is 0.0769. The van der Waals surface area contributed by atoms with Crippen molar-refractivity contribution in [2.75, 3.05) is 0 Å². The first kappa shape index (κ1) is 9.76. The van der Waals surface area contributed by atoms with Crippen LogP contribution in [0.1, 0.15) is 5.56 Å². The summed E-state index contributed by atoms with van der Waals surface area (Å²) < 4.78 is 2.33. The Bertz CT molecular complexity index is 593. The second kappa shape index (κ2) is 3.85. The molecule has 2 nitrogen and oxygen atoms in total. The summed E-state index contributed by atoms with van der Waals surface area (Å²) in [5.41, 5.74) is 3.55. The quantitative estimate of drug-likeness (QED) is 0.637. The van der Waals surface area contributed by atoms with E-state index >= 15 is 0 Å². The molecule has 0 bridgehead atoms. The number of nitrogens with zero attached hydrogens (tertiary/aromatic N) is 2. The van der Waals surface area contributed by atoms with Crippen molar-refractivity contribution in [1.82, 2.24) is 9.97 Å². The first-order valence-electron chi connectivity index (χ1n) is 5.11. The number of hydrogen-bond acceptors (Lipinski definition) is 2. The molecular formula is C13H10N2Se. The monoisotopic (exact) mass is 274 g/mol. The number of pyridine rings is 1. The standard InChI is InChI=1S/C13H10N2Se/c1-9-4-6-10(7-5-9)12-15-11-3-2-8-14-13(11)16-12/h2-8H,1H3. The van der Waals surface area contributed by atoms with Crippen molar-refractivity contribution in [2.45, 2.75) is 6.92 Å². The topological polar surface area (TPSA) is 25.8 Å². The third-order valence-electron chi connectivity index (χ3n) is 2.46. The van der Waals surface area contributed by atoms with Crippen LogP contribution in [0.15, 0.2) is 42.6 Å². The Labute approximate surface area is 99.7 Å². The molecule has 0 saturated heterocycles. The van der Waals surface area contributed by atoms with Gasteiger partial charge in [0.2, 0.25) is 0 Å². The molecule has 3 rings (SSSR count). The molecule has 0 saturated carbocycles. The van der Waals surface area contributed by atoms with Gasteiger partial charge in [-0.3, -0.25) is 0 Å². The molecule has 0 radical (unpaired) electrons. The van der Waals surface area contributed by atoms with Crippen LogP contribution in [0.4, 0.5) is 0 Å². The molecule has 0 atom stereocenters. The molecule has 78 valence electrons. The maximum absolute atomic E-state index is 4.63. The van der Waals surface area contributed by atoms with E-state index in [1.54, 1.807) is 0 Å². The average molecular weight is 273 g/mol. The maximum atomic E-state index is 4.63. The van der Waals surface area contributed by atoms with Crippen LogP contribution in [0, 0.1) is 6.92 Å². The first-order valence-corrected chi connectivity index (χ1v) is 6.83. The van der Waals surface area contributed by atoms with E-state index in [1.807, 2.05) is 18.3 Å². The van der Waals surface area contributed by atoms with E-state index in [0.717, 1.165) is 9.91 Å². The van der Waals surface area contributed by atoms with E-state index in [0.29, 0.717) is 0 Å². The normalized spacial score (nSPS) is 10.8. The van der Waals surface area contributed by atoms with Crippen LogP contribution < -0.4 is 0 Å². The van der Waals surface area contributed by atoms with Gasteiger partial charge in [0.05, 0.1) is 0 Å². The van der Waals surface area contributed by atoms with Gasteiger partial charge in [-0.05, 0) is 0 Å². The third kappa shape index (κ3) is 1.68. The van der Waals surface area contributed by atoms with Crippen LogP contribution in [-0.4, -0.2) is 24.5 Å². The van der Waals surface area contributed by atoms with Crippen molar-refractivity contribution in [3.63, 3.8) is 0 Å². The van der Waals surface area contributed by atoms with E-state index in [9.17, 15) is 0 Å². The first-order chi connectivity index (χ1) is 7.83. The zero-order chi connectivity index (χ0) is 11.0. The SMILES string of the molecule is Cc1ccc(-c2nc3cccnc3[se]2)cc1. The van der Waals surface area contributed by atoms with E-state index in [2.05, 4.69) is 41.2 Å². The van der Waals surface area contributed by atoms with E-state index in [-0.39, 0.29) is 14.5 Å². The summed E-state index contributed by atoms with van der Waals surface area (Å²) in [6, 6.07) is 12.5. The summed E-state index contributed by atoms with van der Waals surface area (Å²) in [7, 11) is 0. The Balaban J connectivity index is 2.15. The summed E-state index contributed by atoms with van der Waals surface area (Å²) >= 11 is 0.256. The summed E-state index contributed by atoms with van der Waals surface area (Å²) in [4.78, 5) is 9.00. The fourth-order valence-corrected chi connectivity index (χ4v) is 3.50. The second-order valence-corrected chi connectivity index (χ2v) is 5.76. The Morgan fingerprint density at radius 1 is 1.06 bits per heavy atom. The van der Waals surface area contributed by atoms with Crippen molar-refractivity contribution in [3.8, 4) is 10.1 Å². The van der Waals surface area contributed by atoms with Gasteiger partial charge in [-0.25, -0.2) is 0 Å². The van der Waals surface area contributed by atoms with Gasteiger partial charge in [-0.2, -0.15) is 0 Å². The van der Waals surface area contributed by atoms with Crippen LogP contribution in [0.3, 0.4) is 0 Å². The van der Waals surface area contributed by atoms with Crippen molar-refractivity contribution in [3.05, 3.63) is 48.2 Å². The van der Waals surface area contributed by atoms with E-state index in [4.69, 9.17) is 0 Å². The molecule has 0 aliphatic carbocycles. The Kier molecular flexibility index (Phi) is 2.35. The number of hydrogen-bond donors (Lipinski definition) is 0. The zero-order valence-corrected chi connectivity index (χ0v) is 10.6. The predicted molar refractivity (Wildman–Crippen MR) is 66.7 cm³/mol. The molecular weight excluding hydrogens is 263 g/mol. The Morgan fingerprint density at radius 3 is 2.62 bits per heavy atom. The Morgan fingerprint density at radius 2 is 1.88 bits per heavy atom. The van der Waals surface area contributed by atoms with Crippen LogP contribution >= 0.6 is 0 Å². The van der Waals surface area contributed by atoms with Gasteiger partial charge in [0.1, 0.15) is 0 Å². The number of aromatic nitrogens is 2. The number of rotatable bonds is 1. The minimum absolute atomic E-state index is 0.256. The van der Waals surface area contributed by atoms with Gasteiger partial charge in [0.25, 0.3) is 0 Å². The molecule has 0 unspecified atom stereocenters. The molecule has 0 aliphatic rings. The molecule has 2 heterocycles. The summed E-state index contributed by atoms with van der Waals surface area (Å²) in [6.45, 7) is 2.10. The van der Waals surface area contributed by atoms with Crippen molar-refractivity contribution in [1.29, 1.82) is 0 Å². The van der Waals surface area contributed by atoms with Crippen LogP contribution in [0.5, 0.6) is 0 Å². The van der Waals surface area contributed by atoms with Gasteiger partial charge in [-0.1, -0.05) is 0 Å². The summed E-state index contributed by atoms with van der Waals surface area (Å²) in [5.74, 6) is 0. The molecule has 3 heteroatoms. The van der Waals surface area contributed by atoms with E-state index < -0.39 is 0 Å². The zero-order valence-electron chi connectivity index (χ0n) is 8.84. The average Bonchev–Trinajstić information content (AvgIpc) is 2.73. The number of benzene rings is 1. The molecule has 3 aromatic rings. The van der Waals surface area contributed by atoms with E-state index in [1.165, 1.54) is 15.7 Å². The van der Waals surface area contributed by atoms with Crippen LogP contribution in [0.25, 0.3) is 20.0 Å². The fourth-order valence-electron chi connectivity index (χ4n) is 1.59. The Hall–Kier alpha value is -1.44. The molecule has 0 N–H and O–H groups in total. The molecule has 16 heavy (non-hydrogen) atoms. The molecule has 0 aliphatic heterocycles. The van der Waals surface area contributed by atoms with Crippen molar-refractivity contribution >= 4 is 24.4 Å². The minimum atomic E-state index is 0.256. The van der Waals surface area contributed by atoms with Crippen molar-refractivity contribution in [2.24, 2.45) is 0 Å². The molecule has 1 aromatic carbocycles. The summed E-state index contributed by atoms with van der Waals surface area (Å²) in [5, 5.41) is 0. The predicted octanol–water partition coefficient (Wildman–Crippen LogP) is 2.66. The van der Waals surface area contributed by atoms with Crippen molar-refractivity contribution < 1.29 is 0 Å². The summed E-state index contributed by atoms with van der Waals surface area (Å²) in [6.07, 6.45) is 1.84. The van der Waals surface area contributed by atoms with Crippen LogP contribution in [-0.2, 0) is 0 Å². The number of aryl methyl sites for hydroxylation is 1. The second-order valence-electron chi connectivity index (χ2n) is 3.71. The van der Waals surface area contributed by atoms with Gasteiger partial charge >= 0.3 is 99.6 Å². The van der Waals surface area contributed by atoms with Gasteiger partial charge in [-0.15, -0.1) is 0 Å². The number of fused-ring (bicyclic) bond motifs is 1. The third-order valence-corrected chi connectivity index (χ3v) is 4.62. The molecule has 0 fully saturated rings. The van der Waals surface area contributed by atoms with Gasteiger partial charge < -0.3 is 0 Å². The molecule has 2 aromatic heterocycles. The van der Waals surface area contributed by atoms with Gasteiger partial charge in [0.15, 0.2) is 0 Å². The molecule has 0 spiro atoms. The van der Waals surface area contributed by atoms with Crippen LogP contribution in [0.2, 0.25) is 0 Å². The molecule has 0 amide bonds.